The number of benzene rings is 1. The van der Waals surface area contributed by atoms with E-state index in [4.69, 9.17) is 0 Å². The number of nitrogens with zero attached hydrogens (tertiary/aromatic N) is 1. The molecule has 0 spiro atoms. The minimum atomic E-state index is 0.198. The summed E-state index contributed by atoms with van der Waals surface area (Å²) in [4.78, 5) is 13.6. The number of amides is 1. The first kappa shape index (κ1) is 12.5. The fourth-order valence-corrected chi connectivity index (χ4v) is 3.17. The Bertz CT molecular complexity index is 472. The summed E-state index contributed by atoms with van der Waals surface area (Å²) in [5.74, 6) is 1.97. The summed E-state index contributed by atoms with van der Waals surface area (Å²) in [5, 5.41) is 12.7. The zero-order valence-corrected chi connectivity index (χ0v) is 11.2. The van der Waals surface area contributed by atoms with Crippen molar-refractivity contribution in [3.63, 3.8) is 0 Å². The number of fused-ring (bicyclic) bond motifs is 1. The number of aromatic hydroxyl groups is 1. The van der Waals surface area contributed by atoms with Crippen molar-refractivity contribution in [2.75, 3.05) is 13.1 Å². The summed E-state index contributed by atoms with van der Waals surface area (Å²) < 4.78 is 0. The van der Waals surface area contributed by atoms with Gasteiger partial charge in [-0.1, -0.05) is 12.1 Å². The molecule has 3 atom stereocenters. The first-order valence-corrected chi connectivity index (χ1v) is 6.91. The number of hydrogen-bond acceptors (Lipinski definition) is 3. The van der Waals surface area contributed by atoms with E-state index < -0.39 is 0 Å². The molecule has 1 aliphatic heterocycles. The predicted octanol–water partition coefficient (Wildman–Crippen LogP) is 1.35. The van der Waals surface area contributed by atoms with Crippen molar-refractivity contribution in [2.45, 2.75) is 25.9 Å². The Balaban J connectivity index is 1.51. The molecule has 2 aliphatic rings. The summed E-state index contributed by atoms with van der Waals surface area (Å²) in [5.41, 5.74) is 1.15. The SMILES string of the molecule is CC(=O)N1CC2CC2C1CNCc1ccc(O)cc1. The van der Waals surface area contributed by atoms with Crippen LogP contribution in [0, 0.1) is 11.8 Å². The number of phenolic OH excluding ortho intramolecular Hbond substituents is 1. The summed E-state index contributed by atoms with van der Waals surface area (Å²) in [6.07, 6.45) is 1.29. The molecule has 1 heterocycles. The Hall–Kier alpha value is -1.55. The number of carbonyl (C=O) groups excluding carboxylic acids is 1. The van der Waals surface area contributed by atoms with E-state index in [0.29, 0.717) is 11.8 Å². The first-order chi connectivity index (χ1) is 9.15. The van der Waals surface area contributed by atoms with Gasteiger partial charge in [0.15, 0.2) is 0 Å². The second-order valence-electron chi connectivity index (χ2n) is 5.70. The molecule has 3 rings (SSSR count). The van der Waals surface area contributed by atoms with Gasteiger partial charge in [0.05, 0.1) is 0 Å². The summed E-state index contributed by atoms with van der Waals surface area (Å²) in [6.45, 7) is 4.25. The van der Waals surface area contributed by atoms with Gasteiger partial charge in [-0.2, -0.15) is 0 Å². The lowest BCUT2D eigenvalue weighted by Crippen LogP contribution is -2.43. The van der Waals surface area contributed by atoms with Crippen LogP contribution in [-0.4, -0.2) is 35.0 Å². The van der Waals surface area contributed by atoms with E-state index in [9.17, 15) is 9.90 Å². The van der Waals surface area contributed by atoms with Crippen molar-refractivity contribution >= 4 is 5.91 Å². The average molecular weight is 260 g/mol. The van der Waals surface area contributed by atoms with Crippen LogP contribution < -0.4 is 5.32 Å². The lowest BCUT2D eigenvalue weighted by Gasteiger charge is -2.26. The van der Waals surface area contributed by atoms with E-state index in [2.05, 4.69) is 5.32 Å². The molecule has 0 aromatic heterocycles. The molecular formula is C15H20N2O2. The van der Waals surface area contributed by atoms with Crippen molar-refractivity contribution in [3.8, 4) is 5.75 Å². The molecule has 1 amide bonds. The van der Waals surface area contributed by atoms with E-state index in [1.165, 1.54) is 6.42 Å². The van der Waals surface area contributed by atoms with Gasteiger partial charge >= 0.3 is 0 Å². The predicted molar refractivity (Wildman–Crippen MR) is 72.6 cm³/mol. The Kier molecular flexibility index (Phi) is 3.19. The van der Waals surface area contributed by atoms with Crippen molar-refractivity contribution in [3.05, 3.63) is 29.8 Å². The summed E-state index contributed by atoms with van der Waals surface area (Å²) in [6, 6.07) is 7.61. The third kappa shape index (κ3) is 2.59. The number of nitrogens with one attached hydrogen (secondary N) is 1. The highest BCUT2D eigenvalue weighted by molar-refractivity contribution is 5.74. The largest absolute Gasteiger partial charge is 0.508 e. The second kappa shape index (κ2) is 4.85. The minimum Gasteiger partial charge on any atom is -0.508 e. The number of carbonyl (C=O) groups is 1. The van der Waals surface area contributed by atoms with E-state index >= 15 is 0 Å². The molecule has 0 bridgehead atoms. The molecule has 3 unspecified atom stereocenters. The zero-order chi connectivity index (χ0) is 13.4. The van der Waals surface area contributed by atoms with Crippen LogP contribution in [0.2, 0.25) is 0 Å². The Morgan fingerprint density at radius 1 is 1.42 bits per heavy atom. The van der Waals surface area contributed by atoms with Gasteiger partial charge in [-0.25, -0.2) is 0 Å². The fraction of sp³-hybridized carbons (Fsp3) is 0.533. The number of hydrogen-bond donors (Lipinski definition) is 2. The number of likely N-dealkylation sites (tertiary alicyclic amines) is 1. The second-order valence-corrected chi connectivity index (χ2v) is 5.70. The smallest absolute Gasteiger partial charge is 0.219 e. The molecule has 1 saturated heterocycles. The van der Waals surface area contributed by atoms with Crippen LogP contribution in [0.5, 0.6) is 5.75 Å². The van der Waals surface area contributed by atoms with Crippen molar-refractivity contribution in [1.82, 2.24) is 10.2 Å². The van der Waals surface area contributed by atoms with Gasteiger partial charge in [0, 0.05) is 32.6 Å². The van der Waals surface area contributed by atoms with E-state index in [1.807, 2.05) is 17.0 Å². The van der Waals surface area contributed by atoms with Gasteiger partial charge < -0.3 is 15.3 Å². The van der Waals surface area contributed by atoms with Crippen LogP contribution >= 0.6 is 0 Å². The third-order valence-electron chi connectivity index (χ3n) is 4.33. The Labute approximate surface area is 113 Å². The number of piperidine rings is 1. The van der Waals surface area contributed by atoms with E-state index in [0.717, 1.165) is 37.0 Å². The van der Waals surface area contributed by atoms with Gasteiger partial charge in [0.25, 0.3) is 0 Å². The van der Waals surface area contributed by atoms with Gasteiger partial charge in [-0.15, -0.1) is 0 Å². The van der Waals surface area contributed by atoms with Crippen molar-refractivity contribution in [1.29, 1.82) is 0 Å². The molecule has 19 heavy (non-hydrogen) atoms. The number of phenols is 1. The third-order valence-corrected chi connectivity index (χ3v) is 4.33. The fourth-order valence-electron chi connectivity index (χ4n) is 3.17. The summed E-state index contributed by atoms with van der Waals surface area (Å²) >= 11 is 0. The Morgan fingerprint density at radius 3 is 2.84 bits per heavy atom. The highest BCUT2D eigenvalue weighted by Crippen LogP contribution is 2.49. The lowest BCUT2D eigenvalue weighted by molar-refractivity contribution is -0.130. The quantitative estimate of drug-likeness (QED) is 0.859. The van der Waals surface area contributed by atoms with Gasteiger partial charge in [-0.3, -0.25) is 4.79 Å². The summed E-state index contributed by atoms with van der Waals surface area (Å²) in [7, 11) is 0. The molecule has 4 heteroatoms. The van der Waals surface area contributed by atoms with Crippen molar-refractivity contribution < 1.29 is 9.90 Å². The van der Waals surface area contributed by atoms with Crippen LogP contribution in [0.3, 0.4) is 0 Å². The molecule has 2 fully saturated rings. The molecule has 0 radical (unpaired) electrons. The molecule has 2 N–H and O–H groups in total. The van der Waals surface area contributed by atoms with Crippen LogP contribution in [0.15, 0.2) is 24.3 Å². The highest BCUT2D eigenvalue weighted by Gasteiger charge is 2.52. The van der Waals surface area contributed by atoms with Gasteiger partial charge in [-0.05, 0) is 36.0 Å². The van der Waals surface area contributed by atoms with E-state index in [1.54, 1.807) is 19.1 Å². The van der Waals surface area contributed by atoms with Crippen LogP contribution in [0.4, 0.5) is 0 Å². The Morgan fingerprint density at radius 2 is 2.16 bits per heavy atom. The standard InChI is InChI=1S/C15H20N2O2/c1-10(18)17-9-12-6-14(12)15(17)8-16-7-11-2-4-13(19)5-3-11/h2-5,12,14-16,19H,6-9H2,1H3. The van der Waals surface area contributed by atoms with Gasteiger partial charge in [0.2, 0.25) is 5.91 Å². The van der Waals surface area contributed by atoms with Crippen LogP contribution in [0.1, 0.15) is 18.9 Å². The maximum absolute atomic E-state index is 11.6. The van der Waals surface area contributed by atoms with Gasteiger partial charge in [0.1, 0.15) is 5.75 Å². The zero-order valence-electron chi connectivity index (χ0n) is 11.2. The molecule has 1 aliphatic carbocycles. The normalized spacial score (nSPS) is 28.3. The monoisotopic (exact) mass is 260 g/mol. The van der Waals surface area contributed by atoms with Crippen LogP contribution in [-0.2, 0) is 11.3 Å². The lowest BCUT2D eigenvalue weighted by atomic mass is 10.1. The molecule has 1 aromatic rings. The topological polar surface area (TPSA) is 52.6 Å². The minimum absolute atomic E-state index is 0.198. The average Bonchev–Trinajstić information content (AvgIpc) is 3.06. The maximum atomic E-state index is 11.6. The van der Waals surface area contributed by atoms with Crippen molar-refractivity contribution in [2.24, 2.45) is 11.8 Å². The molecule has 1 aromatic carbocycles. The molecule has 1 saturated carbocycles. The molecule has 4 nitrogen and oxygen atoms in total. The number of rotatable bonds is 4. The highest BCUT2D eigenvalue weighted by atomic mass is 16.3. The molecular weight excluding hydrogens is 240 g/mol. The van der Waals surface area contributed by atoms with Crippen LogP contribution in [0.25, 0.3) is 0 Å². The van der Waals surface area contributed by atoms with E-state index in [-0.39, 0.29) is 5.91 Å². The first-order valence-electron chi connectivity index (χ1n) is 6.91. The maximum Gasteiger partial charge on any atom is 0.219 e. The molecule has 102 valence electrons.